The van der Waals surface area contributed by atoms with Gasteiger partial charge in [0.15, 0.2) is 0 Å². The van der Waals surface area contributed by atoms with Gasteiger partial charge < -0.3 is 10.1 Å². The van der Waals surface area contributed by atoms with Crippen LogP contribution in [0.5, 0.6) is 5.75 Å². The van der Waals surface area contributed by atoms with Crippen molar-refractivity contribution in [2.75, 3.05) is 20.2 Å². The third-order valence-corrected chi connectivity index (χ3v) is 4.71. The van der Waals surface area contributed by atoms with Gasteiger partial charge in [-0.3, -0.25) is 4.79 Å². The number of ether oxygens (including phenoxy) is 1. The molecule has 1 saturated heterocycles. The van der Waals surface area contributed by atoms with Crippen LogP contribution in [0.1, 0.15) is 38.2 Å². The second-order valence-corrected chi connectivity index (χ2v) is 6.27. The number of carbonyl (C=O) groups is 1. The van der Waals surface area contributed by atoms with Crippen molar-refractivity contribution in [1.82, 2.24) is 5.32 Å². The molecule has 0 radical (unpaired) electrons. The summed E-state index contributed by atoms with van der Waals surface area (Å²) < 4.78 is 5.36. The van der Waals surface area contributed by atoms with Crippen molar-refractivity contribution in [3.63, 3.8) is 0 Å². The van der Waals surface area contributed by atoms with Crippen molar-refractivity contribution in [3.8, 4) is 5.75 Å². The van der Waals surface area contributed by atoms with E-state index in [1.165, 1.54) is 0 Å². The Balaban J connectivity index is 2.20. The van der Waals surface area contributed by atoms with Gasteiger partial charge in [-0.1, -0.05) is 24.9 Å². The van der Waals surface area contributed by atoms with Gasteiger partial charge in [0.25, 0.3) is 0 Å². The van der Waals surface area contributed by atoms with E-state index in [1.54, 1.807) is 13.2 Å². The van der Waals surface area contributed by atoms with Crippen LogP contribution in [-0.2, 0) is 11.2 Å². The first-order valence-electron chi connectivity index (χ1n) is 7.68. The second-order valence-electron chi connectivity index (χ2n) is 5.84. The number of Topliss-reactive ketones (excluding diaryl/α,β-unsaturated/α-hetero) is 1. The molecule has 116 valence electrons. The summed E-state index contributed by atoms with van der Waals surface area (Å²) in [5.74, 6) is 1.07. The number of hydrogen-bond donors (Lipinski definition) is 1. The fraction of sp³-hybridized carbons (Fsp3) is 0.588. The molecular weight excluding hydrogens is 286 g/mol. The van der Waals surface area contributed by atoms with Gasteiger partial charge in [-0.15, -0.1) is 0 Å². The van der Waals surface area contributed by atoms with Crippen molar-refractivity contribution in [2.24, 2.45) is 5.41 Å². The van der Waals surface area contributed by atoms with E-state index in [4.69, 9.17) is 16.3 Å². The van der Waals surface area contributed by atoms with Crippen molar-refractivity contribution in [2.45, 2.75) is 39.0 Å². The third kappa shape index (κ3) is 3.78. The van der Waals surface area contributed by atoms with Crippen LogP contribution >= 0.6 is 11.6 Å². The Hall–Kier alpha value is -1.06. The normalized spacial score (nSPS) is 17.5. The van der Waals surface area contributed by atoms with E-state index in [9.17, 15) is 4.79 Å². The number of nitrogens with one attached hydrogen (secondary N) is 1. The van der Waals surface area contributed by atoms with Crippen LogP contribution in [0.25, 0.3) is 0 Å². The number of piperidine rings is 1. The monoisotopic (exact) mass is 309 g/mol. The Kier molecular flexibility index (Phi) is 5.65. The highest BCUT2D eigenvalue weighted by Gasteiger charge is 2.38. The Labute approximate surface area is 132 Å². The van der Waals surface area contributed by atoms with Crippen LogP contribution in [-0.4, -0.2) is 26.0 Å². The first kappa shape index (κ1) is 16.3. The molecule has 1 aliphatic heterocycles. The molecule has 0 unspecified atom stereocenters. The van der Waals surface area contributed by atoms with Gasteiger partial charge in [-0.2, -0.15) is 0 Å². The number of carbonyl (C=O) groups excluding carboxylic acids is 1. The number of methoxy groups -OCH3 is 1. The SMILES string of the molecule is CCCC1(C(=O)Cc2cc(Cl)ccc2OC)CCNCC1. The zero-order valence-electron chi connectivity index (χ0n) is 12.9. The zero-order valence-corrected chi connectivity index (χ0v) is 13.6. The van der Waals surface area contributed by atoms with E-state index in [0.717, 1.165) is 50.1 Å². The zero-order chi connectivity index (χ0) is 15.3. The summed E-state index contributed by atoms with van der Waals surface area (Å²) in [4.78, 5) is 12.9. The van der Waals surface area contributed by atoms with Gasteiger partial charge in [0, 0.05) is 22.4 Å². The van der Waals surface area contributed by atoms with Crippen LogP contribution in [0.3, 0.4) is 0 Å². The number of hydrogen-bond acceptors (Lipinski definition) is 3. The maximum atomic E-state index is 12.9. The molecule has 1 aliphatic rings. The van der Waals surface area contributed by atoms with Crippen LogP contribution in [0.15, 0.2) is 18.2 Å². The smallest absolute Gasteiger partial charge is 0.143 e. The minimum atomic E-state index is -0.173. The van der Waals surface area contributed by atoms with Gasteiger partial charge in [0.05, 0.1) is 7.11 Å². The lowest BCUT2D eigenvalue weighted by atomic mass is 9.70. The molecule has 3 nitrogen and oxygen atoms in total. The van der Waals surface area contributed by atoms with Gasteiger partial charge >= 0.3 is 0 Å². The van der Waals surface area contributed by atoms with Crippen LogP contribution in [0.2, 0.25) is 5.02 Å². The van der Waals surface area contributed by atoms with E-state index >= 15 is 0 Å². The Morgan fingerprint density at radius 3 is 2.71 bits per heavy atom. The standard InChI is InChI=1S/C17H24ClNO2/c1-3-6-17(7-9-19-10-8-17)16(20)12-13-11-14(18)4-5-15(13)21-2/h4-5,11,19H,3,6-10,12H2,1-2H3. The molecular formula is C17H24ClNO2. The second kappa shape index (κ2) is 7.28. The molecule has 2 rings (SSSR count). The van der Waals surface area contributed by atoms with Gasteiger partial charge in [0.1, 0.15) is 11.5 Å². The minimum Gasteiger partial charge on any atom is -0.496 e. The summed E-state index contributed by atoms with van der Waals surface area (Å²) in [7, 11) is 1.63. The summed E-state index contributed by atoms with van der Waals surface area (Å²) in [5, 5.41) is 4.00. The predicted molar refractivity (Wildman–Crippen MR) is 86.2 cm³/mol. The first-order valence-corrected chi connectivity index (χ1v) is 8.05. The quantitative estimate of drug-likeness (QED) is 0.872. The van der Waals surface area contributed by atoms with E-state index in [2.05, 4.69) is 12.2 Å². The molecule has 0 atom stereocenters. The molecule has 0 saturated carbocycles. The third-order valence-electron chi connectivity index (χ3n) is 4.47. The lowest BCUT2D eigenvalue weighted by Crippen LogP contribution is -2.42. The fourth-order valence-corrected chi connectivity index (χ4v) is 3.49. The molecule has 0 aromatic heterocycles. The summed E-state index contributed by atoms with van der Waals surface area (Å²) >= 11 is 6.06. The highest BCUT2D eigenvalue weighted by atomic mass is 35.5. The van der Waals surface area contributed by atoms with Crippen LogP contribution in [0.4, 0.5) is 0 Å². The highest BCUT2D eigenvalue weighted by molar-refractivity contribution is 6.30. The van der Waals surface area contributed by atoms with Crippen molar-refractivity contribution in [3.05, 3.63) is 28.8 Å². The topological polar surface area (TPSA) is 38.3 Å². The van der Waals surface area contributed by atoms with E-state index in [-0.39, 0.29) is 5.41 Å². The lowest BCUT2D eigenvalue weighted by Gasteiger charge is -2.36. The number of ketones is 1. The van der Waals surface area contributed by atoms with Gasteiger partial charge in [-0.05, 0) is 50.6 Å². The molecule has 1 aromatic rings. The van der Waals surface area contributed by atoms with E-state index in [0.29, 0.717) is 17.2 Å². The Bertz CT molecular complexity index is 490. The van der Waals surface area contributed by atoms with Gasteiger partial charge in [-0.25, -0.2) is 0 Å². The molecule has 1 heterocycles. The Morgan fingerprint density at radius 2 is 2.10 bits per heavy atom. The average molecular weight is 310 g/mol. The molecule has 1 aromatic carbocycles. The molecule has 0 aliphatic carbocycles. The van der Waals surface area contributed by atoms with Crippen molar-refractivity contribution >= 4 is 17.4 Å². The largest absolute Gasteiger partial charge is 0.496 e. The van der Waals surface area contributed by atoms with Crippen molar-refractivity contribution in [1.29, 1.82) is 0 Å². The van der Waals surface area contributed by atoms with Crippen LogP contribution < -0.4 is 10.1 Å². The lowest BCUT2D eigenvalue weighted by molar-refractivity contribution is -0.130. The maximum Gasteiger partial charge on any atom is 0.143 e. The molecule has 0 bridgehead atoms. The molecule has 4 heteroatoms. The molecule has 1 fully saturated rings. The summed E-state index contributed by atoms with van der Waals surface area (Å²) in [6.45, 7) is 4.01. The number of benzene rings is 1. The minimum absolute atomic E-state index is 0.173. The summed E-state index contributed by atoms with van der Waals surface area (Å²) in [6, 6.07) is 5.47. The average Bonchev–Trinajstić information content (AvgIpc) is 2.49. The fourth-order valence-electron chi connectivity index (χ4n) is 3.30. The number of halogens is 1. The van der Waals surface area contributed by atoms with E-state index < -0.39 is 0 Å². The van der Waals surface area contributed by atoms with Crippen molar-refractivity contribution < 1.29 is 9.53 Å². The highest BCUT2D eigenvalue weighted by Crippen LogP contribution is 2.37. The van der Waals surface area contributed by atoms with E-state index in [1.807, 2.05) is 12.1 Å². The molecule has 0 spiro atoms. The summed E-state index contributed by atoms with van der Waals surface area (Å²) in [6.07, 6.45) is 4.28. The summed E-state index contributed by atoms with van der Waals surface area (Å²) in [5.41, 5.74) is 0.719. The maximum absolute atomic E-state index is 12.9. The molecule has 0 amide bonds. The first-order chi connectivity index (χ1) is 10.1. The Morgan fingerprint density at radius 1 is 1.38 bits per heavy atom. The molecule has 1 N–H and O–H groups in total. The number of rotatable bonds is 6. The predicted octanol–water partition coefficient (Wildman–Crippen LogP) is 3.63. The molecule has 21 heavy (non-hydrogen) atoms. The van der Waals surface area contributed by atoms with Gasteiger partial charge in [0.2, 0.25) is 0 Å². The van der Waals surface area contributed by atoms with Crippen LogP contribution in [0, 0.1) is 5.41 Å².